The molecule has 3 nitrogen and oxygen atoms in total. The first kappa shape index (κ1) is 13.0. The van der Waals surface area contributed by atoms with E-state index in [-0.39, 0.29) is 16.9 Å². The summed E-state index contributed by atoms with van der Waals surface area (Å²) < 4.78 is 0. The topological polar surface area (TPSA) is 54.4 Å². The van der Waals surface area contributed by atoms with Gasteiger partial charge >= 0.3 is 5.97 Å². The van der Waals surface area contributed by atoms with Crippen LogP contribution in [0.25, 0.3) is 0 Å². The van der Waals surface area contributed by atoms with Crippen molar-refractivity contribution in [2.24, 2.45) is 0 Å². The zero-order chi connectivity index (χ0) is 13.8. The smallest absolute Gasteiger partial charge is 0.336 e. The molecule has 2 rings (SSSR count). The van der Waals surface area contributed by atoms with Gasteiger partial charge in [0.2, 0.25) is 0 Å². The maximum Gasteiger partial charge on any atom is 0.336 e. The van der Waals surface area contributed by atoms with Gasteiger partial charge in [-0.3, -0.25) is 4.79 Å². The lowest BCUT2D eigenvalue weighted by Crippen LogP contribution is -2.09. The second-order valence-corrected chi connectivity index (χ2v) is 4.23. The Morgan fingerprint density at radius 3 is 2.32 bits per heavy atom. The number of hydrogen-bond acceptors (Lipinski definition) is 2. The minimum atomic E-state index is -1.09. The summed E-state index contributed by atoms with van der Waals surface area (Å²) in [4.78, 5) is 23.5. The number of carboxylic acids is 1. The van der Waals surface area contributed by atoms with Crippen LogP contribution in [-0.2, 0) is 6.42 Å². The summed E-state index contributed by atoms with van der Waals surface area (Å²) >= 11 is 0. The molecule has 0 spiro atoms. The van der Waals surface area contributed by atoms with E-state index in [4.69, 9.17) is 5.11 Å². The van der Waals surface area contributed by atoms with Crippen LogP contribution in [0.15, 0.2) is 48.5 Å². The summed E-state index contributed by atoms with van der Waals surface area (Å²) in [5.41, 5.74) is 1.84. The van der Waals surface area contributed by atoms with Crippen molar-refractivity contribution in [1.82, 2.24) is 0 Å². The minimum absolute atomic E-state index is 0.0365. The summed E-state index contributed by atoms with van der Waals surface area (Å²) in [6, 6.07) is 13.5. The zero-order valence-electron chi connectivity index (χ0n) is 10.6. The molecule has 3 heteroatoms. The third kappa shape index (κ3) is 2.71. The van der Waals surface area contributed by atoms with E-state index in [2.05, 4.69) is 0 Å². The van der Waals surface area contributed by atoms with Crippen LogP contribution < -0.4 is 0 Å². The number of hydrogen-bond donors (Lipinski definition) is 1. The number of carboxylic acid groups (broad SMARTS) is 1. The van der Waals surface area contributed by atoms with Gasteiger partial charge < -0.3 is 5.11 Å². The molecule has 0 saturated heterocycles. The summed E-state index contributed by atoms with van der Waals surface area (Å²) in [6.45, 7) is 2.01. The van der Waals surface area contributed by atoms with Crippen LogP contribution in [0.3, 0.4) is 0 Å². The molecule has 2 aromatic carbocycles. The predicted molar refractivity (Wildman–Crippen MR) is 72.7 cm³/mol. The molecule has 0 amide bonds. The van der Waals surface area contributed by atoms with Crippen LogP contribution in [-0.4, -0.2) is 16.9 Å². The highest BCUT2D eigenvalue weighted by atomic mass is 16.4. The van der Waals surface area contributed by atoms with E-state index >= 15 is 0 Å². The highest BCUT2D eigenvalue weighted by molar-refractivity contribution is 6.14. The highest BCUT2D eigenvalue weighted by Gasteiger charge is 2.17. The fraction of sp³-hybridized carbons (Fsp3) is 0.125. The highest BCUT2D eigenvalue weighted by Crippen LogP contribution is 2.16. The lowest BCUT2D eigenvalue weighted by molar-refractivity contribution is 0.0693. The van der Waals surface area contributed by atoms with Crippen molar-refractivity contribution >= 4 is 11.8 Å². The van der Waals surface area contributed by atoms with Crippen molar-refractivity contribution in [2.75, 3.05) is 0 Å². The first-order chi connectivity index (χ1) is 9.13. The summed E-state index contributed by atoms with van der Waals surface area (Å²) in [7, 11) is 0. The van der Waals surface area contributed by atoms with E-state index in [1.807, 2.05) is 19.1 Å². The molecule has 0 atom stereocenters. The van der Waals surface area contributed by atoms with Crippen LogP contribution in [0.2, 0.25) is 0 Å². The quantitative estimate of drug-likeness (QED) is 0.852. The number of benzene rings is 2. The molecule has 0 fully saturated rings. The second-order valence-electron chi connectivity index (χ2n) is 4.23. The SMILES string of the molecule is CCc1cccc(C(=O)c2ccccc2C(=O)O)c1. The van der Waals surface area contributed by atoms with Crippen molar-refractivity contribution < 1.29 is 14.7 Å². The van der Waals surface area contributed by atoms with Gasteiger partial charge in [-0.1, -0.05) is 43.3 Å². The van der Waals surface area contributed by atoms with Gasteiger partial charge in [0.1, 0.15) is 0 Å². The molecule has 0 saturated carbocycles. The van der Waals surface area contributed by atoms with Crippen molar-refractivity contribution in [3.05, 3.63) is 70.8 Å². The average molecular weight is 254 g/mol. The Morgan fingerprint density at radius 2 is 1.68 bits per heavy atom. The fourth-order valence-electron chi connectivity index (χ4n) is 1.96. The Bertz CT molecular complexity index is 629. The van der Waals surface area contributed by atoms with Crippen molar-refractivity contribution in [3.63, 3.8) is 0 Å². The lowest BCUT2D eigenvalue weighted by atomic mass is 9.97. The molecular formula is C16H14O3. The van der Waals surface area contributed by atoms with Crippen LogP contribution in [0.4, 0.5) is 0 Å². The third-order valence-electron chi connectivity index (χ3n) is 3.00. The normalized spacial score (nSPS) is 10.2. The molecule has 96 valence electrons. The van der Waals surface area contributed by atoms with Crippen molar-refractivity contribution in [1.29, 1.82) is 0 Å². The summed E-state index contributed by atoms with van der Waals surface area (Å²) in [5, 5.41) is 9.11. The van der Waals surface area contributed by atoms with Crippen LogP contribution in [0.5, 0.6) is 0 Å². The zero-order valence-corrected chi connectivity index (χ0v) is 10.6. The fourth-order valence-corrected chi connectivity index (χ4v) is 1.96. The Morgan fingerprint density at radius 1 is 1.00 bits per heavy atom. The second kappa shape index (κ2) is 5.48. The summed E-state index contributed by atoms with van der Waals surface area (Å²) in [5.74, 6) is -1.34. The van der Waals surface area contributed by atoms with Gasteiger partial charge in [0.25, 0.3) is 0 Å². The number of aryl methyl sites for hydroxylation is 1. The third-order valence-corrected chi connectivity index (χ3v) is 3.00. The van der Waals surface area contributed by atoms with Gasteiger partial charge in [0.05, 0.1) is 5.56 Å². The van der Waals surface area contributed by atoms with Gasteiger partial charge in [-0.25, -0.2) is 4.79 Å². The van der Waals surface area contributed by atoms with Crippen molar-refractivity contribution in [2.45, 2.75) is 13.3 Å². The first-order valence-electron chi connectivity index (χ1n) is 6.09. The molecule has 19 heavy (non-hydrogen) atoms. The monoisotopic (exact) mass is 254 g/mol. The van der Waals surface area contributed by atoms with Gasteiger partial charge in [0.15, 0.2) is 5.78 Å². The largest absolute Gasteiger partial charge is 0.478 e. The van der Waals surface area contributed by atoms with Gasteiger partial charge in [0, 0.05) is 11.1 Å². The van der Waals surface area contributed by atoms with Crippen LogP contribution in [0, 0.1) is 0 Å². The Balaban J connectivity index is 2.47. The van der Waals surface area contributed by atoms with Crippen molar-refractivity contribution in [3.8, 4) is 0 Å². The first-order valence-corrected chi connectivity index (χ1v) is 6.09. The Hall–Kier alpha value is -2.42. The molecule has 0 aliphatic carbocycles. The summed E-state index contributed by atoms with van der Waals surface area (Å²) in [6.07, 6.45) is 0.835. The molecule has 0 aromatic heterocycles. The molecule has 0 aliphatic rings. The number of carbonyl (C=O) groups is 2. The van der Waals surface area contributed by atoms with Gasteiger partial charge in [-0.2, -0.15) is 0 Å². The van der Waals surface area contributed by atoms with Gasteiger partial charge in [-0.15, -0.1) is 0 Å². The molecule has 0 aliphatic heterocycles. The van der Waals surface area contributed by atoms with Crippen LogP contribution in [0.1, 0.15) is 38.8 Å². The number of rotatable bonds is 4. The van der Waals surface area contributed by atoms with E-state index < -0.39 is 5.97 Å². The Labute approximate surface area is 111 Å². The molecule has 2 aromatic rings. The van der Waals surface area contributed by atoms with E-state index in [1.165, 1.54) is 6.07 Å². The number of ketones is 1. The number of aromatic carboxylic acids is 1. The van der Waals surface area contributed by atoms with Crippen LogP contribution >= 0.6 is 0 Å². The predicted octanol–water partition coefficient (Wildman–Crippen LogP) is 3.18. The average Bonchev–Trinajstić information content (AvgIpc) is 2.46. The minimum Gasteiger partial charge on any atom is -0.478 e. The molecule has 0 bridgehead atoms. The van der Waals surface area contributed by atoms with E-state index in [1.54, 1.807) is 30.3 Å². The van der Waals surface area contributed by atoms with Gasteiger partial charge in [-0.05, 0) is 24.1 Å². The maximum absolute atomic E-state index is 12.4. The molecule has 0 heterocycles. The standard InChI is InChI=1S/C16H14O3/c1-2-11-6-5-7-12(10-11)15(17)13-8-3-4-9-14(13)16(18)19/h3-10H,2H2,1H3,(H,18,19). The van der Waals surface area contributed by atoms with E-state index in [0.29, 0.717) is 5.56 Å². The molecule has 0 unspecified atom stereocenters. The van der Waals surface area contributed by atoms with E-state index in [9.17, 15) is 9.59 Å². The molecule has 1 N–H and O–H groups in total. The Kier molecular flexibility index (Phi) is 3.76. The molecular weight excluding hydrogens is 240 g/mol. The lowest BCUT2D eigenvalue weighted by Gasteiger charge is -2.06. The molecule has 0 radical (unpaired) electrons. The van der Waals surface area contributed by atoms with E-state index in [0.717, 1.165) is 12.0 Å². The number of carbonyl (C=O) groups excluding carboxylic acids is 1. The maximum atomic E-state index is 12.4.